The third-order valence-electron chi connectivity index (χ3n) is 3.78. The van der Waals surface area contributed by atoms with Crippen LogP contribution in [-0.4, -0.2) is 39.5 Å². The Balaban J connectivity index is 2.08. The van der Waals surface area contributed by atoms with Crippen LogP contribution in [0.1, 0.15) is 11.3 Å². The number of benzene rings is 1. The predicted molar refractivity (Wildman–Crippen MR) is 73.0 cm³/mol. The summed E-state index contributed by atoms with van der Waals surface area (Å²) in [5, 5.41) is 10.4. The molecule has 1 aliphatic heterocycles. The van der Waals surface area contributed by atoms with Gasteiger partial charge in [0.2, 0.25) is 5.91 Å². The molecule has 20 heavy (non-hydrogen) atoms. The van der Waals surface area contributed by atoms with Crippen LogP contribution >= 0.6 is 0 Å². The maximum atomic E-state index is 11.8. The highest BCUT2D eigenvalue weighted by molar-refractivity contribution is 5.89. The lowest BCUT2D eigenvalue weighted by atomic mass is 9.96. The van der Waals surface area contributed by atoms with Crippen LogP contribution in [0.25, 0.3) is 10.9 Å². The van der Waals surface area contributed by atoms with Crippen LogP contribution < -0.4 is 5.73 Å². The Bertz CT molecular complexity index is 692. The van der Waals surface area contributed by atoms with Gasteiger partial charge >= 0.3 is 5.97 Å². The van der Waals surface area contributed by atoms with Crippen LogP contribution in [0.4, 0.5) is 0 Å². The average Bonchev–Trinajstić information content (AvgIpc) is 2.82. The Kier molecular flexibility index (Phi) is 2.94. The first-order valence-corrected chi connectivity index (χ1v) is 6.42. The number of H-pyrrole nitrogens is 1. The van der Waals surface area contributed by atoms with Crippen molar-refractivity contribution in [2.45, 2.75) is 19.0 Å². The summed E-state index contributed by atoms with van der Waals surface area (Å²) in [6, 6.07) is 6.89. The zero-order chi connectivity index (χ0) is 14.3. The normalized spacial score (nSPS) is 18.1. The molecule has 3 rings (SSSR count). The summed E-state index contributed by atoms with van der Waals surface area (Å²) in [4.78, 5) is 27.8. The lowest BCUT2D eigenvalue weighted by Gasteiger charge is -2.32. The van der Waals surface area contributed by atoms with E-state index in [1.54, 1.807) is 0 Å². The van der Waals surface area contributed by atoms with E-state index in [-0.39, 0.29) is 19.0 Å². The van der Waals surface area contributed by atoms with Gasteiger partial charge in [-0.05, 0) is 11.6 Å². The number of rotatable bonds is 2. The molecule has 0 spiro atoms. The molecule has 1 aromatic heterocycles. The van der Waals surface area contributed by atoms with Gasteiger partial charge in [0.1, 0.15) is 6.04 Å². The highest BCUT2D eigenvalue weighted by atomic mass is 16.4. The number of carbonyl (C=O) groups excluding carboxylic acids is 1. The first kappa shape index (κ1) is 12.7. The van der Waals surface area contributed by atoms with Crippen LogP contribution in [0.2, 0.25) is 0 Å². The molecule has 0 fully saturated rings. The number of nitrogens with one attached hydrogen (secondary N) is 1. The number of carboxylic acids is 1. The number of nitrogens with two attached hydrogens (primary N) is 1. The van der Waals surface area contributed by atoms with Crippen molar-refractivity contribution < 1.29 is 14.7 Å². The van der Waals surface area contributed by atoms with Crippen molar-refractivity contribution in [1.29, 1.82) is 0 Å². The number of aliphatic carboxylic acids is 1. The fourth-order valence-corrected chi connectivity index (χ4v) is 2.81. The van der Waals surface area contributed by atoms with E-state index >= 15 is 0 Å². The molecule has 0 unspecified atom stereocenters. The summed E-state index contributed by atoms with van der Waals surface area (Å²) in [6.07, 6.45) is 0.306. The molecule has 2 aromatic rings. The molecular formula is C14H15N3O3. The monoisotopic (exact) mass is 273 g/mol. The molecule has 0 saturated carbocycles. The number of carbonyl (C=O) groups is 2. The number of aromatic nitrogens is 1. The second-order valence-corrected chi connectivity index (χ2v) is 4.91. The molecule has 1 amide bonds. The molecule has 6 heteroatoms. The van der Waals surface area contributed by atoms with E-state index in [1.807, 2.05) is 24.3 Å². The Labute approximate surface area is 115 Å². The third kappa shape index (κ3) is 1.85. The van der Waals surface area contributed by atoms with E-state index in [9.17, 15) is 14.7 Å². The van der Waals surface area contributed by atoms with Crippen molar-refractivity contribution in [1.82, 2.24) is 9.88 Å². The summed E-state index contributed by atoms with van der Waals surface area (Å²) in [7, 11) is 0. The van der Waals surface area contributed by atoms with E-state index in [1.165, 1.54) is 4.90 Å². The smallest absolute Gasteiger partial charge is 0.326 e. The largest absolute Gasteiger partial charge is 0.480 e. The lowest BCUT2D eigenvalue weighted by molar-refractivity contribution is -0.150. The molecule has 0 saturated heterocycles. The number of para-hydroxylation sites is 1. The molecule has 104 valence electrons. The van der Waals surface area contributed by atoms with Gasteiger partial charge in [-0.2, -0.15) is 0 Å². The second-order valence-electron chi connectivity index (χ2n) is 4.91. The fourth-order valence-electron chi connectivity index (χ4n) is 2.81. The molecule has 4 N–H and O–H groups in total. The van der Waals surface area contributed by atoms with E-state index in [2.05, 4.69) is 4.98 Å². The van der Waals surface area contributed by atoms with E-state index in [4.69, 9.17) is 5.73 Å². The summed E-state index contributed by atoms with van der Waals surface area (Å²) in [6.45, 7) is 0.0797. The zero-order valence-corrected chi connectivity index (χ0v) is 10.8. The number of hydrogen-bond acceptors (Lipinski definition) is 3. The summed E-state index contributed by atoms with van der Waals surface area (Å²) in [5.41, 5.74) is 8.20. The number of aromatic amines is 1. The van der Waals surface area contributed by atoms with Crippen LogP contribution in [0.15, 0.2) is 24.3 Å². The molecule has 6 nitrogen and oxygen atoms in total. The number of nitrogens with zero attached hydrogens (tertiary/aromatic N) is 1. The van der Waals surface area contributed by atoms with Crippen molar-refractivity contribution in [3.63, 3.8) is 0 Å². The Morgan fingerprint density at radius 2 is 2.15 bits per heavy atom. The van der Waals surface area contributed by atoms with Gasteiger partial charge in [-0.3, -0.25) is 4.79 Å². The first-order valence-electron chi connectivity index (χ1n) is 6.42. The summed E-state index contributed by atoms with van der Waals surface area (Å²) < 4.78 is 0. The molecule has 1 aliphatic rings. The first-order chi connectivity index (χ1) is 9.61. The second kappa shape index (κ2) is 4.64. The highest BCUT2D eigenvalue weighted by Gasteiger charge is 2.35. The number of carboxylic acid groups (broad SMARTS) is 1. The third-order valence-corrected chi connectivity index (χ3v) is 3.78. The molecule has 1 aromatic carbocycles. The van der Waals surface area contributed by atoms with Gasteiger partial charge in [-0.1, -0.05) is 18.2 Å². The van der Waals surface area contributed by atoms with Gasteiger partial charge in [-0.15, -0.1) is 0 Å². The Morgan fingerprint density at radius 1 is 1.40 bits per heavy atom. The predicted octanol–water partition coefficient (Wildman–Crippen LogP) is 0.464. The van der Waals surface area contributed by atoms with Gasteiger partial charge in [0.25, 0.3) is 0 Å². The van der Waals surface area contributed by atoms with Crippen LogP contribution in [0.3, 0.4) is 0 Å². The van der Waals surface area contributed by atoms with Crippen molar-refractivity contribution in [3.05, 3.63) is 35.5 Å². The fraction of sp³-hybridized carbons (Fsp3) is 0.286. The average molecular weight is 273 g/mol. The minimum Gasteiger partial charge on any atom is -0.480 e. The molecule has 1 atom stereocenters. The maximum Gasteiger partial charge on any atom is 0.326 e. The number of amides is 1. The van der Waals surface area contributed by atoms with Gasteiger partial charge < -0.3 is 20.7 Å². The molecule has 0 bridgehead atoms. The van der Waals surface area contributed by atoms with Crippen molar-refractivity contribution in [2.75, 3.05) is 6.54 Å². The highest BCUT2D eigenvalue weighted by Crippen LogP contribution is 2.30. The SMILES string of the molecule is NCC(=O)N1Cc2[nH]c3ccccc3c2C[C@H]1C(=O)O. The van der Waals surface area contributed by atoms with Crippen molar-refractivity contribution in [3.8, 4) is 0 Å². The Hall–Kier alpha value is -2.34. The van der Waals surface area contributed by atoms with Gasteiger partial charge in [0.15, 0.2) is 0 Å². The van der Waals surface area contributed by atoms with E-state index in [0.29, 0.717) is 6.42 Å². The summed E-state index contributed by atoms with van der Waals surface area (Å²) >= 11 is 0. The minimum absolute atomic E-state index is 0.181. The van der Waals surface area contributed by atoms with E-state index < -0.39 is 12.0 Å². The van der Waals surface area contributed by atoms with Crippen molar-refractivity contribution >= 4 is 22.8 Å². The number of hydrogen-bond donors (Lipinski definition) is 3. The van der Waals surface area contributed by atoms with Gasteiger partial charge in [0, 0.05) is 23.0 Å². The number of fused-ring (bicyclic) bond motifs is 3. The van der Waals surface area contributed by atoms with Crippen LogP contribution in [0, 0.1) is 0 Å². The quantitative estimate of drug-likeness (QED) is 0.740. The molecule has 0 aliphatic carbocycles. The van der Waals surface area contributed by atoms with Crippen molar-refractivity contribution in [2.24, 2.45) is 5.73 Å². The Morgan fingerprint density at radius 3 is 2.85 bits per heavy atom. The zero-order valence-electron chi connectivity index (χ0n) is 10.8. The molecule has 2 heterocycles. The van der Waals surface area contributed by atoms with Crippen LogP contribution in [-0.2, 0) is 22.6 Å². The maximum absolute atomic E-state index is 11.8. The standard InChI is InChI=1S/C14H15N3O3/c15-6-13(18)17-7-11-9(5-12(17)14(19)20)8-3-1-2-4-10(8)16-11/h1-4,12,16H,5-7,15H2,(H,19,20)/t12-/m0/s1. The molecular weight excluding hydrogens is 258 g/mol. The summed E-state index contributed by atoms with van der Waals surface area (Å²) in [5.74, 6) is -1.34. The topological polar surface area (TPSA) is 99.4 Å². The lowest BCUT2D eigenvalue weighted by Crippen LogP contribution is -2.50. The van der Waals surface area contributed by atoms with Crippen LogP contribution in [0.5, 0.6) is 0 Å². The minimum atomic E-state index is -0.997. The molecule has 0 radical (unpaired) electrons. The van der Waals surface area contributed by atoms with Gasteiger partial charge in [-0.25, -0.2) is 4.79 Å². The van der Waals surface area contributed by atoms with Gasteiger partial charge in [0.05, 0.1) is 13.1 Å². The van der Waals surface area contributed by atoms with E-state index in [0.717, 1.165) is 22.2 Å².